The third-order valence-electron chi connectivity index (χ3n) is 2.73. The van der Waals surface area contributed by atoms with E-state index in [2.05, 4.69) is 10.3 Å². The van der Waals surface area contributed by atoms with E-state index in [0.29, 0.717) is 12.5 Å². The molecule has 18 heavy (non-hydrogen) atoms. The number of carbonyl (C=O) groups is 1. The second-order valence-electron chi connectivity index (χ2n) is 4.40. The van der Waals surface area contributed by atoms with Gasteiger partial charge in [0.1, 0.15) is 12.2 Å². The molecule has 0 aromatic carbocycles. The fraction of sp³-hybridized carbons (Fsp3) is 0.636. The fourth-order valence-electron chi connectivity index (χ4n) is 1.77. The van der Waals surface area contributed by atoms with Crippen LogP contribution in [0.4, 0.5) is 13.2 Å². The molecule has 2 rings (SSSR count). The average molecular weight is 261 g/mol. The van der Waals surface area contributed by atoms with Crippen molar-refractivity contribution in [2.24, 2.45) is 0 Å². The van der Waals surface area contributed by atoms with E-state index in [0.717, 1.165) is 18.7 Å². The van der Waals surface area contributed by atoms with Crippen molar-refractivity contribution in [1.82, 2.24) is 14.9 Å². The Morgan fingerprint density at radius 1 is 1.50 bits per heavy atom. The van der Waals surface area contributed by atoms with Gasteiger partial charge in [0.2, 0.25) is 5.91 Å². The van der Waals surface area contributed by atoms with Crippen LogP contribution in [0.15, 0.2) is 12.4 Å². The van der Waals surface area contributed by atoms with E-state index in [1.807, 2.05) is 4.57 Å². The lowest BCUT2D eigenvalue weighted by atomic mass is 10.3. The minimum absolute atomic E-state index is 0.186. The standard InChI is InChI=1S/C11H14F3N3O/c12-11(13,14)7-9(18)15-3-5-17-6-4-16-10(17)8-1-2-8/h4,6,8H,1-3,5,7H2,(H,15,18). The molecule has 1 aliphatic rings. The predicted octanol–water partition coefficient (Wildman–Crippen LogP) is 1.83. The first-order valence-corrected chi connectivity index (χ1v) is 5.80. The topological polar surface area (TPSA) is 46.9 Å². The number of hydrogen-bond donors (Lipinski definition) is 1. The van der Waals surface area contributed by atoms with Gasteiger partial charge in [0, 0.05) is 31.4 Å². The molecule has 1 fully saturated rings. The minimum Gasteiger partial charge on any atom is -0.354 e. The van der Waals surface area contributed by atoms with Gasteiger partial charge in [0.15, 0.2) is 0 Å². The molecule has 100 valence electrons. The molecular weight excluding hydrogens is 247 g/mol. The maximum atomic E-state index is 11.9. The normalized spacial score (nSPS) is 15.7. The molecule has 1 heterocycles. The van der Waals surface area contributed by atoms with E-state index in [-0.39, 0.29) is 6.54 Å². The Hall–Kier alpha value is -1.53. The summed E-state index contributed by atoms with van der Waals surface area (Å²) in [5.74, 6) is 0.446. The van der Waals surface area contributed by atoms with Gasteiger partial charge in [0.25, 0.3) is 0 Å². The summed E-state index contributed by atoms with van der Waals surface area (Å²) in [5.41, 5.74) is 0. The molecule has 0 aliphatic heterocycles. The van der Waals surface area contributed by atoms with Crippen molar-refractivity contribution in [3.8, 4) is 0 Å². The molecule has 0 radical (unpaired) electrons. The summed E-state index contributed by atoms with van der Waals surface area (Å²) in [5, 5.41) is 2.26. The molecule has 1 N–H and O–H groups in total. The van der Waals surface area contributed by atoms with Crippen LogP contribution >= 0.6 is 0 Å². The summed E-state index contributed by atoms with van der Waals surface area (Å²) in [6.45, 7) is 0.639. The SMILES string of the molecule is O=C(CC(F)(F)F)NCCn1ccnc1C1CC1. The summed E-state index contributed by atoms with van der Waals surface area (Å²) in [6, 6.07) is 0. The summed E-state index contributed by atoms with van der Waals surface area (Å²) < 4.78 is 37.6. The molecule has 0 atom stereocenters. The smallest absolute Gasteiger partial charge is 0.354 e. The molecule has 0 spiro atoms. The van der Waals surface area contributed by atoms with E-state index in [1.54, 1.807) is 12.4 Å². The second-order valence-corrected chi connectivity index (χ2v) is 4.40. The van der Waals surface area contributed by atoms with Gasteiger partial charge in [-0.15, -0.1) is 0 Å². The molecule has 1 saturated carbocycles. The first kappa shape index (κ1) is 12.9. The van der Waals surface area contributed by atoms with E-state index >= 15 is 0 Å². The van der Waals surface area contributed by atoms with Crippen LogP contribution in [0.5, 0.6) is 0 Å². The van der Waals surface area contributed by atoms with Crippen LogP contribution in [0.25, 0.3) is 0 Å². The van der Waals surface area contributed by atoms with Crippen LogP contribution in [0.3, 0.4) is 0 Å². The Labute approximate surface area is 102 Å². The molecule has 4 nitrogen and oxygen atoms in total. The molecule has 1 aromatic rings. The Kier molecular flexibility index (Phi) is 3.58. The zero-order valence-corrected chi connectivity index (χ0v) is 9.70. The van der Waals surface area contributed by atoms with Crippen molar-refractivity contribution < 1.29 is 18.0 Å². The van der Waals surface area contributed by atoms with Crippen molar-refractivity contribution in [3.63, 3.8) is 0 Å². The maximum Gasteiger partial charge on any atom is 0.397 e. The van der Waals surface area contributed by atoms with Gasteiger partial charge in [-0.25, -0.2) is 4.98 Å². The number of alkyl halides is 3. The molecule has 1 aromatic heterocycles. The molecule has 7 heteroatoms. The number of imidazole rings is 1. The average Bonchev–Trinajstić information content (AvgIpc) is 2.97. The van der Waals surface area contributed by atoms with E-state index < -0.39 is 18.5 Å². The highest BCUT2D eigenvalue weighted by molar-refractivity contribution is 5.76. The van der Waals surface area contributed by atoms with Gasteiger partial charge in [-0.2, -0.15) is 13.2 Å². The first-order valence-electron chi connectivity index (χ1n) is 5.80. The number of carbonyl (C=O) groups excluding carboxylic acids is 1. The maximum absolute atomic E-state index is 11.9. The first-order chi connectivity index (χ1) is 8.46. The molecule has 0 bridgehead atoms. The Morgan fingerprint density at radius 2 is 2.22 bits per heavy atom. The van der Waals surface area contributed by atoms with Crippen molar-refractivity contribution in [3.05, 3.63) is 18.2 Å². The van der Waals surface area contributed by atoms with Crippen LogP contribution in [0.1, 0.15) is 31.0 Å². The summed E-state index contributed by atoms with van der Waals surface area (Å²) in [4.78, 5) is 15.2. The monoisotopic (exact) mass is 261 g/mol. The lowest BCUT2D eigenvalue weighted by Gasteiger charge is -2.09. The lowest BCUT2D eigenvalue weighted by molar-refractivity contribution is -0.153. The number of amides is 1. The Bertz CT molecular complexity index is 423. The zero-order chi connectivity index (χ0) is 13.2. The Morgan fingerprint density at radius 3 is 2.83 bits per heavy atom. The highest BCUT2D eigenvalue weighted by Crippen LogP contribution is 2.38. The van der Waals surface area contributed by atoms with Crippen LogP contribution in [-0.4, -0.2) is 28.2 Å². The number of halogens is 3. The molecular formula is C11H14F3N3O. The van der Waals surface area contributed by atoms with Crippen molar-refractivity contribution in [2.75, 3.05) is 6.54 Å². The predicted molar refractivity (Wildman–Crippen MR) is 57.9 cm³/mol. The van der Waals surface area contributed by atoms with Crippen LogP contribution in [0.2, 0.25) is 0 Å². The van der Waals surface area contributed by atoms with E-state index in [4.69, 9.17) is 0 Å². The molecule has 1 amide bonds. The van der Waals surface area contributed by atoms with Crippen LogP contribution < -0.4 is 5.32 Å². The number of rotatable bonds is 5. The van der Waals surface area contributed by atoms with Gasteiger partial charge in [0.05, 0.1) is 0 Å². The molecule has 1 aliphatic carbocycles. The molecule has 0 saturated heterocycles. The highest BCUT2D eigenvalue weighted by Gasteiger charge is 2.31. The third-order valence-corrected chi connectivity index (χ3v) is 2.73. The van der Waals surface area contributed by atoms with Gasteiger partial charge in [-0.1, -0.05) is 0 Å². The van der Waals surface area contributed by atoms with E-state index in [9.17, 15) is 18.0 Å². The van der Waals surface area contributed by atoms with Gasteiger partial charge < -0.3 is 9.88 Å². The Balaban J connectivity index is 1.75. The van der Waals surface area contributed by atoms with Gasteiger partial charge in [-0.3, -0.25) is 4.79 Å². The summed E-state index contributed by atoms with van der Waals surface area (Å²) >= 11 is 0. The van der Waals surface area contributed by atoms with E-state index in [1.165, 1.54) is 0 Å². The number of nitrogens with one attached hydrogen (secondary N) is 1. The second kappa shape index (κ2) is 4.99. The quantitative estimate of drug-likeness (QED) is 0.879. The van der Waals surface area contributed by atoms with Crippen molar-refractivity contribution in [2.45, 2.75) is 37.9 Å². The third kappa shape index (κ3) is 3.75. The van der Waals surface area contributed by atoms with Crippen LogP contribution in [0, 0.1) is 0 Å². The number of aromatic nitrogens is 2. The summed E-state index contributed by atoms with van der Waals surface area (Å²) in [6.07, 6.45) is -0.200. The van der Waals surface area contributed by atoms with Crippen molar-refractivity contribution >= 4 is 5.91 Å². The highest BCUT2D eigenvalue weighted by atomic mass is 19.4. The van der Waals surface area contributed by atoms with Crippen LogP contribution in [-0.2, 0) is 11.3 Å². The largest absolute Gasteiger partial charge is 0.397 e. The lowest BCUT2D eigenvalue weighted by Crippen LogP contribution is -2.31. The number of hydrogen-bond acceptors (Lipinski definition) is 2. The zero-order valence-electron chi connectivity index (χ0n) is 9.70. The minimum atomic E-state index is -4.45. The molecule has 0 unspecified atom stereocenters. The van der Waals surface area contributed by atoms with Gasteiger partial charge in [-0.05, 0) is 12.8 Å². The van der Waals surface area contributed by atoms with Crippen molar-refractivity contribution in [1.29, 1.82) is 0 Å². The summed E-state index contributed by atoms with van der Waals surface area (Å²) in [7, 11) is 0. The van der Waals surface area contributed by atoms with Gasteiger partial charge >= 0.3 is 6.18 Å². The fourth-order valence-corrected chi connectivity index (χ4v) is 1.77. The number of nitrogens with zero attached hydrogens (tertiary/aromatic N) is 2.